The summed E-state index contributed by atoms with van der Waals surface area (Å²) in [5.74, 6) is 2.82. The number of piperidine rings is 1. The molecule has 3 rings (SSSR count). The van der Waals surface area contributed by atoms with Crippen LogP contribution >= 0.6 is 11.5 Å². The SMILES string of the molecule is CCc1nsc(N2CCN(C(=NC)NCCN3CCCC(C)C3)CC2)n1. The third-order valence-corrected chi connectivity index (χ3v) is 6.10. The first-order chi connectivity index (χ1) is 12.7. The Bertz CT molecular complexity index is 580. The van der Waals surface area contributed by atoms with Crippen LogP contribution in [0.15, 0.2) is 4.99 Å². The Kier molecular flexibility index (Phi) is 7.07. The Morgan fingerprint density at radius 1 is 1.27 bits per heavy atom. The lowest BCUT2D eigenvalue weighted by Gasteiger charge is -2.36. The maximum atomic E-state index is 4.61. The smallest absolute Gasteiger partial charge is 0.205 e. The molecule has 2 fully saturated rings. The zero-order valence-corrected chi connectivity index (χ0v) is 17.3. The van der Waals surface area contributed by atoms with Gasteiger partial charge in [-0.25, -0.2) is 4.98 Å². The van der Waals surface area contributed by atoms with Crippen molar-refractivity contribution in [1.82, 2.24) is 24.5 Å². The Labute approximate surface area is 161 Å². The molecule has 2 aliphatic heterocycles. The third kappa shape index (κ3) is 5.07. The van der Waals surface area contributed by atoms with Gasteiger partial charge in [0.1, 0.15) is 5.82 Å². The average Bonchev–Trinajstić information content (AvgIpc) is 3.15. The highest BCUT2D eigenvalue weighted by Crippen LogP contribution is 2.19. The summed E-state index contributed by atoms with van der Waals surface area (Å²) in [7, 11) is 1.88. The lowest BCUT2D eigenvalue weighted by molar-refractivity contribution is 0.186. The average molecular weight is 380 g/mol. The van der Waals surface area contributed by atoms with Crippen LogP contribution in [0.1, 0.15) is 32.5 Å². The van der Waals surface area contributed by atoms with Crippen molar-refractivity contribution in [3.63, 3.8) is 0 Å². The fourth-order valence-corrected chi connectivity index (χ4v) is 4.58. The molecule has 1 aromatic heterocycles. The number of nitrogens with zero attached hydrogens (tertiary/aromatic N) is 6. The molecule has 0 aliphatic carbocycles. The molecule has 146 valence electrons. The maximum Gasteiger partial charge on any atom is 0.205 e. The molecule has 1 N–H and O–H groups in total. The van der Waals surface area contributed by atoms with E-state index in [1.54, 1.807) is 0 Å². The Balaban J connectivity index is 1.42. The van der Waals surface area contributed by atoms with E-state index in [2.05, 4.69) is 48.2 Å². The van der Waals surface area contributed by atoms with Crippen LogP contribution in [0.25, 0.3) is 0 Å². The summed E-state index contributed by atoms with van der Waals surface area (Å²) in [5, 5.41) is 4.62. The van der Waals surface area contributed by atoms with Gasteiger partial charge in [0, 0.05) is 70.8 Å². The van der Waals surface area contributed by atoms with Crippen molar-refractivity contribution < 1.29 is 0 Å². The zero-order chi connectivity index (χ0) is 18.4. The summed E-state index contributed by atoms with van der Waals surface area (Å²) in [6, 6.07) is 0. The minimum atomic E-state index is 0.838. The molecule has 7 nitrogen and oxygen atoms in total. The van der Waals surface area contributed by atoms with E-state index in [-0.39, 0.29) is 0 Å². The summed E-state index contributed by atoms with van der Waals surface area (Å²) in [5.41, 5.74) is 0. The highest BCUT2D eigenvalue weighted by molar-refractivity contribution is 7.09. The number of hydrogen-bond donors (Lipinski definition) is 1. The van der Waals surface area contributed by atoms with Gasteiger partial charge in [-0.2, -0.15) is 4.37 Å². The Hall–Kier alpha value is -1.41. The van der Waals surface area contributed by atoms with Gasteiger partial charge in [-0.15, -0.1) is 0 Å². The molecule has 0 saturated carbocycles. The van der Waals surface area contributed by atoms with Crippen LogP contribution in [0.2, 0.25) is 0 Å². The maximum absolute atomic E-state index is 4.61. The Morgan fingerprint density at radius 2 is 2.08 bits per heavy atom. The first-order valence-corrected chi connectivity index (χ1v) is 10.7. The van der Waals surface area contributed by atoms with E-state index in [1.807, 2.05) is 7.05 Å². The fraction of sp³-hybridized carbons (Fsp3) is 0.833. The first kappa shape index (κ1) is 19.4. The summed E-state index contributed by atoms with van der Waals surface area (Å²) in [6.45, 7) is 12.9. The highest BCUT2D eigenvalue weighted by atomic mass is 32.1. The number of hydrogen-bond acceptors (Lipinski definition) is 6. The van der Waals surface area contributed by atoms with Gasteiger partial charge >= 0.3 is 0 Å². The van der Waals surface area contributed by atoms with Gasteiger partial charge in [-0.3, -0.25) is 4.99 Å². The van der Waals surface area contributed by atoms with E-state index in [1.165, 1.54) is 37.5 Å². The van der Waals surface area contributed by atoms with Gasteiger partial charge in [0.2, 0.25) is 5.13 Å². The summed E-state index contributed by atoms with van der Waals surface area (Å²) < 4.78 is 4.40. The molecule has 1 unspecified atom stereocenters. The predicted molar refractivity (Wildman–Crippen MR) is 109 cm³/mol. The van der Waals surface area contributed by atoms with Crippen LogP contribution in [-0.4, -0.2) is 84.5 Å². The number of piperazine rings is 1. The van der Waals surface area contributed by atoms with Crippen molar-refractivity contribution in [3.8, 4) is 0 Å². The number of likely N-dealkylation sites (tertiary alicyclic amines) is 1. The molecule has 0 bridgehead atoms. The van der Waals surface area contributed by atoms with Gasteiger partial charge in [0.15, 0.2) is 5.96 Å². The molecule has 0 radical (unpaired) electrons. The van der Waals surface area contributed by atoms with Gasteiger partial charge in [-0.1, -0.05) is 13.8 Å². The predicted octanol–water partition coefficient (Wildman–Crippen LogP) is 1.53. The topological polar surface area (TPSA) is 59.9 Å². The fourth-order valence-electron chi connectivity index (χ4n) is 3.77. The molecule has 26 heavy (non-hydrogen) atoms. The molecule has 0 amide bonds. The molecule has 3 heterocycles. The largest absolute Gasteiger partial charge is 0.355 e. The molecule has 1 atom stereocenters. The van der Waals surface area contributed by atoms with E-state index in [0.717, 1.165) is 68.5 Å². The first-order valence-electron chi connectivity index (χ1n) is 9.95. The van der Waals surface area contributed by atoms with Gasteiger partial charge in [0.05, 0.1) is 0 Å². The lowest BCUT2D eigenvalue weighted by atomic mass is 10.0. The number of aromatic nitrogens is 2. The van der Waals surface area contributed by atoms with Crippen molar-refractivity contribution in [1.29, 1.82) is 0 Å². The van der Waals surface area contributed by atoms with E-state index < -0.39 is 0 Å². The van der Waals surface area contributed by atoms with Crippen molar-refractivity contribution in [2.45, 2.75) is 33.1 Å². The van der Waals surface area contributed by atoms with E-state index in [4.69, 9.17) is 0 Å². The van der Waals surface area contributed by atoms with Crippen LogP contribution in [-0.2, 0) is 6.42 Å². The van der Waals surface area contributed by atoms with E-state index in [0.29, 0.717) is 0 Å². The highest BCUT2D eigenvalue weighted by Gasteiger charge is 2.22. The van der Waals surface area contributed by atoms with Crippen LogP contribution in [0, 0.1) is 5.92 Å². The summed E-state index contributed by atoms with van der Waals surface area (Å²) in [6.07, 6.45) is 3.62. The second-order valence-electron chi connectivity index (χ2n) is 7.34. The van der Waals surface area contributed by atoms with Gasteiger partial charge < -0.3 is 20.0 Å². The molecular formula is C18H33N7S. The molecule has 2 aliphatic rings. The molecular weight excluding hydrogens is 346 g/mol. The van der Waals surface area contributed by atoms with Crippen LogP contribution in [0.3, 0.4) is 0 Å². The van der Waals surface area contributed by atoms with Crippen molar-refractivity contribution in [3.05, 3.63) is 5.82 Å². The lowest BCUT2D eigenvalue weighted by Crippen LogP contribution is -2.53. The van der Waals surface area contributed by atoms with E-state index >= 15 is 0 Å². The van der Waals surface area contributed by atoms with Crippen molar-refractivity contribution in [2.24, 2.45) is 10.9 Å². The standard InChI is InChI=1S/C18H33N7S/c1-4-16-21-18(26-22-16)25-12-10-24(11-13-25)17(19-3)20-7-9-23-8-5-6-15(2)14-23/h15H,4-14H2,1-3H3,(H,19,20). The van der Waals surface area contributed by atoms with Gasteiger partial charge in [0.25, 0.3) is 0 Å². The summed E-state index contributed by atoms with van der Waals surface area (Å²) >= 11 is 1.52. The second-order valence-corrected chi connectivity index (χ2v) is 8.07. The third-order valence-electron chi connectivity index (χ3n) is 5.29. The molecule has 0 aromatic carbocycles. The number of aliphatic imine (C=N–C) groups is 1. The minimum Gasteiger partial charge on any atom is -0.355 e. The minimum absolute atomic E-state index is 0.838. The molecule has 2 saturated heterocycles. The Morgan fingerprint density at radius 3 is 2.73 bits per heavy atom. The van der Waals surface area contributed by atoms with Crippen LogP contribution in [0.5, 0.6) is 0 Å². The van der Waals surface area contributed by atoms with Crippen LogP contribution < -0.4 is 10.2 Å². The number of guanidine groups is 1. The quantitative estimate of drug-likeness (QED) is 0.618. The zero-order valence-electron chi connectivity index (χ0n) is 16.4. The molecule has 0 spiro atoms. The number of aryl methyl sites for hydroxylation is 1. The normalized spacial score (nSPS) is 22.7. The van der Waals surface area contributed by atoms with E-state index in [9.17, 15) is 0 Å². The monoisotopic (exact) mass is 379 g/mol. The summed E-state index contributed by atoms with van der Waals surface area (Å²) in [4.78, 5) is 16.4. The molecule has 8 heteroatoms. The number of rotatable bonds is 5. The number of anilines is 1. The molecule has 1 aromatic rings. The van der Waals surface area contributed by atoms with Crippen molar-refractivity contribution >= 4 is 22.6 Å². The van der Waals surface area contributed by atoms with Crippen LogP contribution in [0.4, 0.5) is 5.13 Å². The number of nitrogens with one attached hydrogen (secondary N) is 1. The van der Waals surface area contributed by atoms with Gasteiger partial charge in [-0.05, 0) is 25.3 Å². The van der Waals surface area contributed by atoms with Crippen molar-refractivity contribution in [2.75, 3.05) is 64.3 Å². The second kappa shape index (κ2) is 9.50.